The van der Waals surface area contributed by atoms with Gasteiger partial charge in [0.2, 0.25) is 0 Å². The minimum atomic E-state index is 0.672. The normalized spacial score (nSPS) is 10.9. The highest BCUT2D eigenvalue weighted by atomic mass is 16.5. The Balaban J connectivity index is 2.01. The van der Waals surface area contributed by atoms with E-state index in [9.17, 15) is 0 Å². The lowest BCUT2D eigenvalue weighted by atomic mass is 10.2. The molecular weight excluding hydrogens is 240 g/mol. The monoisotopic (exact) mass is 260 g/mol. The second-order valence-corrected chi connectivity index (χ2v) is 4.70. The molecule has 2 aromatic rings. The highest BCUT2D eigenvalue weighted by molar-refractivity contribution is 5.54. The molecule has 1 aromatic heterocycles. The van der Waals surface area contributed by atoms with Gasteiger partial charge in [-0.15, -0.1) is 0 Å². The maximum Gasteiger partial charge on any atom is 0.141 e. The number of nitrogen functional groups attached to an aromatic ring is 1. The Kier molecular flexibility index (Phi) is 4.06. The molecule has 1 heterocycles. The molecule has 5 heteroatoms. The predicted octanol–water partition coefficient (Wildman–Crippen LogP) is 1.64. The molecule has 102 valence electrons. The fraction of sp³-hybridized carbons (Fsp3) is 0.357. The predicted molar refractivity (Wildman–Crippen MR) is 75.8 cm³/mol. The summed E-state index contributed by atoms with van der Waals surface area (Å²) in [6, 6.07) is 5.89. The van der Waals surface area contributed by atoms with E-state index in [1.807, 2.05) is 42.2 Å². The van der Waals surface area contributed by atoms with E-state index in [4.69, 9.17) is 10.5 Å². The van der Waals surface area contributed by atoms with Crippen molar-refractivity contribution in [1.29, 1.82) is 0 Å². The third kappa shape index (κ3) is 3.26. The third-order valence-corrected chi connectivity index (χ3v) is 3.08. The van der Waals surface area contributed by atoms with Crippen LogP contribution >= 0.6 is 0 Å². The van der Waals surface area contributed by atoms with Crippen LogP contribution in [0, 0.1) is 0 Å². The number of benzene rings is 1. The van der Waals surface area contributed by atoms with Crippen molar-refractivity contribution in [2.45, 2.75) is 13.1 Å². The Hall–Kier alpha value is -2.01. The summed E-state index contributed by atoms with van der Waals surface area (Å²) in [6.07, 6.45) is 3.77. The molecular formula is C14H20N4O. The summed E-state index contributed by atoms with van der Waals surface area (Å²) in [5.74, 6) is 1.76. The first-order chi connectivity index (χ1) is 9.10. The largest absolute Gasteiger partial charge is 0.495 e. The fourth-order valence-electron chi connectivity index (χ4n) is 2.04. The van der Waals surface area contributed by atoms with Crippen LogP contribution in [-0.4, -0.2) is 28.6 Å². The molecule has 0 unspecified atom stereocenters. The zero-order chi connectivity index (χ0) is 13.8. The van der Waals surface area contributed by atoms with Crippen molar-refractivity contribution in [2.75, 3.05) is 19.9 Å². The number of methoxy groups -OCH3 is 1. The fourth-order valence-corrected chi connectivity index (χ4v) is 2.04. The Bertz CT molecular complexity index is 550. The van der Waals surface area contributed by atoms with Crippen molar-refractivity contribution in [2.24, 2.45) is 7.05 Å². The van der Waals surface area contributed by atoms with Crippen LogP contribution < -0.4 is 10.5 Å². The van der Waals surface area contributed by atoms with E-state index < -0.39 is 0 Å². The van der Waals surface area contributed by atoms with E-state index in [0.717, 1.165) is 30.2 Å². The number of imidazole rings is 1. The number of hydrogen-bond donors (Lipinski definition) is 1. The summed E-state index contributed by atoms with van der Waals surface area (Å²) in [7, 11) is 5.69. The van der Waals surface area contributed by atoms with Gasteiger partial charge >= 0.3 is 0 Å². The summed E-state index contributed by atoms with van der Waals surface area (Å²) >= 11 is 0. The smallest absolute Gasteiger partial charge is 0.141 e. The summed E-state index contributed by atoms with van der Waals surface area (Å²) in [5.41, 5.74) is 7.74. The van der Waals surface area contributed by atoms with Crippen LogP contribution in [0.4, 0.5) is 5.69 Å². The van der Waals surface area contributed by atoms with Crippen LogP contribution in [-0.2, 0) is 20.1 Å². The SMILES string of the molecule is COc1ccc(CN(C)Cc2nccn2C)cc1N. The lowest BCUT2D eigenvalue weighted by Crippen LogP contribution is -2.19. The molecule has 0 saturated carbocycles. The summed E-state index contributed by atoms with van der Waals surface area (Å²) < 4.78 is 7.18. The van der Waals surface area contributed by atoms with E-state index in [-0.39, 0.29) is 0 Å². The second kappa shape index (κ2) is 5.75. The van der Waals surface area contributed by atoms with Crippen LogP contribution in [0.2, 0.25) is 0 Å². The Labute approximate surface area is 113 Å². The zero-order valence-corrected chi connectivity index (χ0v) is 11.6. The minimum Gasteiger partial charge on any atom is -0.495 e. The Morgan fingerprint density at radius 2 is 2.16 bits per heavy atom. The molecule has 0 aliphatic carbocycles. The molecule has 19 heavy (non-hydrogen) atoms. The summed E-state index contributed by atoms with van der Waals surface area (Å²) in [5, 5.41) is 0. The number of aromatic nitrogens is 2. The molecule has 0 spiro atoms. The molecule has 0 atom stereocenters. The van der Waals surface area contributed by atoms with Gasteiger partial charge in [0.1, 0.15) is 11.6 Å². The summed E-state index contributed by atoms with van der Waals surface area (Å²) in [6.45, 7) is 1.62. The highest BCUT2D eigenvalue weighted by Crippen LogP contribution is 2.22. The van der Waals surface area contributed by atoms with Crippen LogP contribution in [0.5, 0.6) is 5.75 Å². The van der Waals surface area contributed by atoms with Gasteiger partial charge in [-0.3, -0.25) is 4.90 Å². The lowest BCUT2D eigenvalue weighted by molar-refractivity contribution is 0.307. The first kappa shape index (κ1) is 13.4. The minimum absolute atomic E-state index is 0.672. The molecule has 0 radical (unpaired) electrons. The maximum absolute atomic E-state index is 5.91. The van der Waals surface area contributed by atoms with Gasteiger partial charge in [0, 0.05) is 26.0 Å². The number of anilines is 1. The number of nitrogens with zero attached hydrogens (tertiary/aromatic N) is 3. The van der Waals surface area contributed by atoms with Gasteiger partial charge < -0.3 is 15.0 Å². The van der Waals surface area contributed by atoms with E-state index >= 15 is 0 Å². The van der Waals surface area contributed by atoms with E-state index in [1.54, 1.807) is 7.11 Å². The van der Waals surface area contributed by atoms with Gasteiger partial charge in [0.25, 0.3) is 0 Å². The van der Waals surface area contributed by atoms with E-state index in [1.165, 1.54) is 0 Å². The number of rotatable bonds is 5. The van der Waals surface area contributed by atoms with Crippen molar-refractivity contribution in [3.8, 4) is 5.75 Å². The maximum atomic E-state index is 5.91. The van der Waals surface area contributed by atoms with Crippen LogP contribution in [0.1, 0.15) is 11.4 Å². The van der Waals surface area contributed by atoms with E-state index in [2.05, 4.69) is 16.9 Å². The first-order valence-electron chi connectivity index (χ1n) is 6.17. The number of ether oxygens (including phenoxy) is 1. The van der Waals surface area contributed by atoms with Crippen LogP contribution in [0.15, 0.2) is 30.6 Å². The zero-order valence-electron chi connectivity index (χ0n) is 11.6. The number of nitrogens with two attached hydrogens (primary N) is 1. The highest BCUT2D eigenvalue weighted by Gasteiger charge is 2.07. The van der Waals surface area contributed by atoms with Gasteiger partial charge in [-0.05, 0) is 24.7 Å². The van der Waals surface area contributed by atoms with Crippen molar-refractivity contribution in [3.05, 3.63) is 42.0 Å². The van der Waals surface area contributed by atoms with Crippen molar-refractivity contribution < 1.29 is 4.74 Å². The van der Waals surface area contributed by atoms with Gasteiger partial charge in [-0.1, -0.05) is 6.07 Å². The van der Waals surface area contributed by atoms with Gasteiger partial charge in [-0.25, -0.2) is 4.98 Å². The third-order valence-electron chi connectivity index (χ3n) is 3.08. The number of aryl methyl sites for hydroxylation is 1. The average Bonchev–Trinajstić information content (AvgIpc) is 2.75. The quantitative estimate of drug-likeness (QED) is 0.830. The molecule has 0 aliphatic heterocycles. The van der Waals surface area contributed by atoms with Gasteiger partial charge in [0.05, 0.1) is 19.3 Å². The van der Waals surface area contributed by atoms with Crippen molar-refractivity contribution in [3.63, 3.8) is 0 Å². The Morgan fingerprint density at radius 3 is 2.74 bits per heavy atom. The van der Waals surface area contributed by atoms with Crippen molar-refractivity contribution in [1.82, 2.24) is 14.5 Å². The van der Waals surface area contributed by atoms with Crippen molar-refractivity contribution >= 4 is 5.69 Å². The topological polar surface area (TPSA) is 56.3 Å². The average molecular weight is 260 g/mol. The van der Waals surface area contributed by atoms with E-state index in [0.29, 0.717) is 5.69 Å². The van der Waals surface area contributed by atoms with Crippen LogP contribution in [0.25, 0.3) is 0 Å². The molecule has 0 amide bonds. The molecule has 5 nitrogen and oxygen atoms in total. The first-order valence-corrected chi connectivity index (χ1v) is 6.17. The van der Waals surface area contributed by atoms with Crippen LogP contribution in [0.3, 0.4) is 0 Å². The molecule has 0 aliphatic rings. The molecule has 2 N–H and O–H groups in total. The standard InChI is InChI=1S/C14H20N4O/c1-17(10-14-16-6-7-18(14)2)9-11-4-5-13(19-3)12(15)8-11/h4-8H,9-10,15H2,1-3H3. The lowest BCUT2D eigenvalue weighted by Gasteiger charge is -2.17. The molecule has 2 rings (SSSR count). The van der Waals surface area contributed by atoms with Gasteiger partial charge in [0.15, 0.2) is 0 Å². The molecule has 0 saturated heterocycles. The Morgan fingerprint density at radius 1 is 1.37 bits per heavy atom. The second-order valence-electron chi connectivity index (χ2n) is 4.70. The molecule has 0 bridgehead atoms. The molecule has 0 fully saturated rings. The number of hydrogen-bond acceptors (Lipinski definition) is 4. The summed E-state index contributed by atoms with van der Waals surface area (Å²) in [4.78, 5) is 6.52. The van der Waals surface area contributed by atoms with Gasteiger partial charge in [-0.2, -0.15) is 0 Å². The molecule has 1 aromatic carbocycles.